The molecule has 4 heteroatoms. The summed E-state index contributed by atoms with van der Waals surface area (Å²) in [5, 5.41) is 0. The number of rotatable bonds is 4. The van der Waals surface area contributed by atoms with Gasteiger partial charge in [0.2, 0.25) is 0 Å². The van der Waals surface area contributed by atoms with Crippen LogP contribution in [0.1, 0.15) is 42.6 Å². The van der Waals surface area contributed by atoms with Gasteiger partial charge in [-0.3, -0.25) is 4.79 Å². The van der Waals surface area contributed by atoms with Crippen LogP contribution >= 0.6 is 0 Å². The first-order chi connectivity index (χ1) is 7.83. The highest BCUT2D eigenvalue weighted by Gasteiger charge is 2.22. The van der Waals surface area contributed by atoms with Gasteiger partial charge in [0.1, 0.15) is 12.0 Å². The molecular formula is C12H18N2O2. The van der Waals surface area contributed by atoms with Crippen LogP contribution in [0.15, 0.2) is 10.7 Å². The molecule has 4 nitrogen and oxygen atoms in total. The highest BCUT2D eigenvalue weighted by atomic mass is 16.3. The number of carbonyl (C=O) groups excluding carboxylic acids is 1. The molecule has 0 aromatic carbocycles. The molecule has 1 aliphatic heterocycles. The van der Waals surface area contributed by atoms with Gasteiger partial charge in [0, 0.05) is 12.5 Å². The number of aromatic nitrogens is 1. The SMILES string of the molecule is CCN1CCCCC1Cc1nc(C=O)co1. The maximum absolute atomic E-state index is 10.5. The van der Waals surface area contributed by atoms with Crippen LogP contribution in [0.5, 0.6) is 0 Å². The fourth-order valence-corrected chi connectivity index (χ4v) is 2.38. The Morgan fingerprint density at radius 2 is 2.50 bits per heavy atom. The van der Waals surface area contributed by atoms with Crippen LogP contribution in [-0.4, -0.2) is 35.3 Å². The first kappa shape index (κ1) is 11.3. The van der Waals surface area contributed by atoms with Gasteiger partial charge in [-0.1, -0.05) is 13.3 Å². The van der Waals surface area contributed by atoms with E-state index in [0.717, 1.165) is 19.3 Å². The summed E-state index contributed by atoms with van der Waals surface area (Å²) >= 11 is 0. The molecule has 1 aromatic rings. The van der Waals surface area contributed by atoms with E-state index in [4.69, 9.17) is 4.42 Å². The van der Waals surface area contributed by atoms with E-state index >= 15 is 0 Å². The molecule has 88 valence electrons. The lowest BCUT2D eigenvalue weighted by Crippen LogP contribution is -2.40. The molecule has 16 heavy (non-hydrogen) atoms. The van der Waals surface area contributed by atoms with Gasteiger partial charge < -0.3 is 9.32 Å². The van der Waals surface area contributed by atoms with E-state index < -0.39 is 0 Å². The average Bonchev–Trinajstić information content (AvgIpc) is 2.77. The topological polar surface area (TPSA) is 46.3 Å². The molecule has 0 saturated carbocycles. The third-order valence-corrected chi connectivity index (χ3v) is 3.26. The lowest BCUT2D eigenvalue weighted by atomic mass is 9.99. The highest BCUT2D eigenvalue weighted by molar-refractivity contribution is 5.70. The van der Waals surface area contributed by atoms with Gasteiger partial charge in [-0.2, -0.15) is 0 Å². The molecule has 2 rings (SSSR count). The Morgan fingerprint density at radius 1 is 1.62 bits per heavy atom. The van der Waals surface area contributed by atoms with E-state index in [1.54, 1.807) is 0 Å². The number of likely N-dealkylation sites (tertiary alicyclic amines) is 1. The van der Waals surface area contributed by atoms with Crippen molar-refractivity contribution >= 4 is 6.29 Å². The number of aldehydes is 1. The van der Waals surface area contributed by atoms with E-state index in [2.05, 4.69) is 16.8 Å². The number of oxazole rings is 1. The maximum atomic E-state index is 10.5. The molecule has 0 amide bonds. The molecular weight excluding hydrogens is 204 g/mol. The van der Waals surface area contributed by atoms with E-state index in [1.807, 2.05) is 0 Å². The van der Waals surface area contributed by atoms with Crippen LogP contribution in [0.4, 0.5) is 0 Å². The van der Waals surface area contributed by atoms with Crippen molar-refractivity contribution in [3.8, 4) is 0 Å². The number of hydrogen-bond acceptors (Lipinski definition) is 4. The molecule has 0 bridgehead atoms. The summed E-state index contributed by atoms with van der Waals surface area (Å²) in [5.41, 5.74) is 0.397. The highest BCUT2D eigenvalue weighted by Crippen LogP contribution is 2.19. The van der Waals surface area contributed by atoms with E-state index in [0.29, 0.717) is 17.6 Å². The Balaban J connectivity index is 1.98. The lowest BCUT2D eigenvalue weighted by Gasteiger charge is -2.34. The second-order valence-electron chi connectivity index (χ2n) is 4.27. The minimum absolute atomic E-state index is 0.397. The van der Waals surface area contributed by atoms with E-state index in [-0.39, 0.29) is 0 Å². The Labute approximate surface area is 95.6 Å². The fourth-order valence-electron chi connectivity index (χ4n) is 2.38. The summed E-state index contributed by atoms with van der Waals surface area (Å²) in [5.74, 6) is 0.687. The van der Waals surface area contributed by atoms with Crippen LogP contribution in [-0.2, 0) is 6.42 Å². The molecule has 0 spiro atoms. The van der Waals surface area contributed by atoms with Crippen molar-refractivity contribution in [2.24, 2.45) is 0 Å². The first-order valence-corrected chi connectivity index (χ1v) is 5.97. The Morgan fingerprint density at radius 3 is 3.19 bits per heavy atom. The Bertz CT molecular complexity index is 349. The van der Waals surface area contributed by atoms with Crippen LogP contribution in [0, 0.1) is 0 Å². The number of likely N-dealkylation sites (N-methyl/N-ethyl adjacent to an activating group) is 1. The zero-order valence-corrected chi connectivity index (χ0v) is 9.69. The van der Waals surface area contributed by atoms with Crippen LogP contribution in [0.2, 0.25) is 0 Å². The largest absolute Gasteiger partial charge is 0.448 e. The van der Waals surface area contributed by atoms with Gasteiger partial charge in [0.05, 0.1) is 0 Å². The molecule has 1 unspecified atom stereocenters. The second-order valence-corrected chi connectivity index (χ2v) is 4.27. The lowest BCUT2D eigenvalue weighted by molar-refractivity contribution is 0.111. The summed E-state index contributed by atoms with van der Waals surface area (Å²) in [6.45, 7) is 4.43. The van der Waals surface area contributed by atoms with Gasteiger partial charge in [0.25, 0.3) is 0 Å². The van der Waals surface area contributed by atoms with Crippen molar-refractivity contribution in [3.63, 3.8) is 0 Å². The third kappa shape index (κ3) is 2.50. The van der Waals surface area contributed by atoms with E-state index in [1.165, 1.54) is 32.1 Å². The molecule has 1 atom stereocenters. The van der Waals surface area contributed by atoms with Crippen molar-refractivity contribution < 1.29 is 9.21 Å². The van der Waals surface area contributed by atoms with Crippen LogP contribution < -0.4 is 0 Å². The number of hydrogen-bond donors (Lipinski definition) is 0. The van der Waals surface area contributed by atoms with Crippen LogP contribution in [0.3, 0.4) is 0 Å². The van der Waals surface area contributed by atoms with Crippen molar-refractivity contribution in [2.45, 2.75) is 38.6 Å². The van der Waals surface area contributed by atoms with Crippen molar-refractivity contribution in [2.75, 3.05) is 13.1 Å². The molecule has 0 aliphatic carbocycles. The van der Waals surface area contributed by atoms with Gasteiger partial charge in [-0.05, 0) is 25.9 Å². The predicted molar refractivity (Wildman–Crippen MR) is 60.5 cm³/mol. The standard InChI is InChI=1S/C12H18N2O2/c1-2-14-6-4-3-5-11(14)7-12-13-10(8-15)9-16-12/h8-9,11H,2-7H2,1H3. The fraction of sp³-hybridized carbons (Fsp3) is 0.667. The molecule has 0 N–H and O–H groups in total. The van der Waals surface area contributed by atoms with Crippen molar-refractivity contribution in [1.29, 1.82) is 0 Å². The molecule has 2 heterocycles. The van der Waals surface area contributed by atoms with Crippen LogP contribution in [0.25, 0.3) is 0 Å². The van der Waals surface area contributed by atoms with Gasteiger partial charge in [-0.15, -0.1) is 0 Å². The summed E-state index contributed by atoms with van der Waals surface area (Å²) in [4.78, 5) is 17.1. The second kappa shape index (κ2) is 5.25. The van der Waals surface area contributed by atoms with E-state index in [9.17, 15) is 4.79 Å². The van der Waals surface area contributed by atoms with Crippen molar-refractivity contribution in [1.82, 2.24) is 9.88 Å². The van der Waals surface area contributed by atoms with Gasteiger partial charge >= 0.3 is 0 Å². The normalized spacial score (nSPS) is 22.2. The summed E-state index contributed by atoms with van der Waals surface area (Å²) < 4.78 is 5.28. The number of carbonyl (C=O) groups is 1. The van der Waals surface area contributed by atoms with Crippen molar-refractivity contribution in [3.05, 3.63) is 17.8 Å². The smallest absolute Gasteiger partial charge is 0.196 e. The molecule has 0 radical (unpaired) electrons. The quantitative estimate of drug-likeness (QED) is 0.730. The predicted octanol–water partition coefficient (Wildman–Crippen LogP) is 1.90. The monoisotopic (exact) mass is 222 g/mol. The average molecular weight is 222 g/mol. The minimum atomic E-state index is 0.397. The summed E-state index contributed by atoms with van der Waals surface area (Å²) in [6.07, 6.45) is 6.75. The summed E-state index contributed by atoms with van der Waals surface area (Å²) in [6, 6.07) is 0.525. The first-order valence-electron chi connectivity index (χ1n) is 5.97. The Hall–Kier alpha value is -1.16. The molecule has 1 fully saturated rings. The van der Waals surface area contributed by atoms with Gasteiger partial charge in [-0.25, -0.2) is 4.98 Å². The number of piperidine rings is 1. The molecule has 1 aliphatic rings. The zero-order chi connectivity index (χ0) is 11.4. The zero-order valence-electron chi connectivity index (χ0n) is 9.69. The summed E-state index contributed by atoms with van der Waals surface area (Å²) in [7, 11) is 0. The minimum Gasteiger partial charge on any atom is -0.448 e. The maximum Gasteiger partial charge on any atom is 0.196 e. The Kier molecular flexibility index (Phi) is 3.72. The van der Waals surface area contributed by atoms with Gasteiger partial charge in [0.15, 0.2) is 12.2 Å². The number of nitrogens with zero attached hydrogens (tertiary/aromatic N) is 2. The molecule has 1 saturated heterocycles. The molecule has 1 aromatic heterocycles. The third-order valence-electron chi connectivity index (χ3n) is 3.26.